The Morgan fingerprint density at radius 2 is 2.07 bits per heavy atom. The molecule has 2 aliphatic carbocycles. The van der Waals surface area contributed by atoms with Gasteiger partial charge in [-0.25, -0.2) is 0 Å². The quantitative estimate of drug-likeness (QED) is 0.725. The first-order valence-corrected chi connectivity index (χ1v) is 5.40. The molecule has 2 aliphatic rings. The lowest BCUT2D eigenvalue weighted by atomic mass is 9.89. The zero-order valence-corrected chi connectivity index (χ0v) is 8.57. The number of carbonyl (C=O) groups is 1. The Kier molecular flexibility index (Phi) is 2.71. The summed E-state index contributed by atoms with van der Waals surface area (Å²) in [4.78, 5) is 11.7. The largest absolute Gasteiger partial charge is 0.355 e. The maximum absolute atomic E-state index is 11.7. The van der Waals surface area contributed by atoms with Crippen LogP contribution in [0.15, 0.2) is 24.3 Å². The number of nitrogens with one attached hydrogen (secondary N) is 1. The second-order valence-electron chi connectivity index (χ2n) is 4.34. The van der Waals surface area contributed by atoms with E-state index in [1.165, 1.54) is 12.8 Å². The predicted octanol–water partition coefficient (Wildman–Crippen LogP) is 1.89. The molecule has 76 valence electrons. The third-order valence-electron chi connectivity index (χ3n) is 2.98. The van der Waals surface area contributed by atoms with Crippen LogP contribution in [0.3, 0.4) is 0 Å². The fourth-order valence-electron chi connectivity index (χ4n) is 1.73. The van der Waals surface area contributed by atoms with E-state index in [0.717, 1.165) is 12.5 Å². The average molecular weight is 191 g/mol. The molecule has 2 unspecified atom stereocenters. The van der Waals surface area contributed by atoms with E-state index in [1.54, 1.807) is 0 Å². The molecule has 14 heavy (non-hydrogen) atoms. The molecule has 0 aromatic rings. The lowest BCUT2D eigenvalue weighted by Crippen LogP contribution is -2.34. The predicted molar refractivity (Wildman–Crippen MR) is 56.7 cm³/mol. The molecule has 1 N–H and O–H groups in total. The smallest absolute Gasteiger partial charge is 0.227 e. The first-order valence-electron chi connectivity index (χ1n) is 5.40. The van der Waals surface area contributed by atoms with Crippen LogP contribution in [0.4, 0.5) is 0 Å². The highest BCUT2D eigenvalue weighted by Crippen LogP contribution is 2.28. The molecule has 2 heteroatoms. The molecule has 2 atom stereocenters. The van der Waals surface area contributed by atoms with E-state index < -0.39 is 0 Å². The standard InChI is InChI=1S/C12H17NO/c1-9-4-2-3-5-11(9)12(14)13-8-10-6-7-10/h2-5,9-11H,6-8H2,1H3,(H,13,14). The van der Waals surface area contributed by atoms with E-state index in [1.807, 2.05) is 18.2 Å². The Labute approximate surface area is 85.1 Å². The van der Waals surface area contributed by atoms with Crippen LogP contribution in [-0.2, 0) is 4.79 Å². The maximum Gasteiger partial charge on any atom is 0.227 e. The molecule has 2 nitrogen and oxygen atoms in total. The summed E-state index contributed by atoms with van der Waals surface area (Å²) in [6, 6.07) is 0. The highest BCUT2D eigenvalue weighted by atomic mass is 16.1. The summed E-state index contributed by atoms with van der Waals surface area (Å²) in [5.41, 5.74) is 0. The summed E-state index contributed by atoms with van der Waals surface area (Å²) in [5.74, 6) is 1.32. The van der Waals surface area contributed by atoms with E-state index in [-0.39, 0.29) is 11.8 Å². The Bertz CT molecular complexity index is 276. The van der Waals surface area contributed by atoms with E-state index in [0.29, 0.717) is 5.92 Å². The van der Waals surface area contributed by atoms with Gasteiger partial charge in [0.05, 0.1) is 5.92 Å². The van der Waals surface area contributed by atoms with Gasteiger partial charge in [-0.2, -0.15) is 0 Å². The van der Waals surface area contributed by atoms with Crippen LogP contribution >= 0.6 is 0 Å². The highest BCUT2D eigenvalue weighted by molar-refractivity contribution is 5.81. The van der Waals surface area contributed by atoms with Crippen LogP contribution in [0.5, 0.6) is 0 Å². The van der Waals surface area contributed by atoms with Crippen LogP contribution in [0, 0.1) is 17.8 Å². The van der Waals surface area contributed by atoms with Crippen molar-refractivity contribution in [2.75, 3.05) is 6.54 Å². The molecule has 0 radical (unpaired) electrons. The van der Waals surface area contributed by atoms with Crippen molar-refractivity contribution in [3.63, 3.8) is 0 Å². The molecule has 0 aromatic carbocycles. The number of rotatable bonds is 3. The summed E-state index contributed by atoms with van der Waals surface area (Å²) >= 11 is 0. The zero-order valence-electron chi connectivity index (χ0n) is 8.57. The van der Waals surface area contributed by atoms with Gasteiger partial charge in [0, 0.05) is 6.54 Å². The van der Waals surface area contributed by atoms with Gasteiger partial charge in [-0.05, 0) is 24.7 Å². The van der Waals surface area contributed by atoms with Gasteiger partial charge in [0.2, 0.25) is 5.91 Å². The lowest BCUT2D eigenvalue weighted by molar-refractivity contribution is -0.124. The lowest BCUT2D eigenvalue weighted by Gasteiger charge is -2.19. The van der Waals surface area contributed by atoms with Crippen LogP contribution in [0.2, 0.25) is 0 Å². The molecule has 0 saturated heterocycles. The number of hydrogen-bond donors (Lipinski definition) is 1. The molecule has 0 aromatic heterocycles. The molecule has 2 rings (SSSR count). The third kappa shape index (κ3) is 2.25. The molecular formula is C12H17NO. The van der Waals surface area contributed by atoms with Crippen molar-refractivity contribution in [2.45, 2.75) is 19.8 Å². The first kappa shape index (κ1) is 9.50. The van der Waals surface area contributed by atoms with Gasteiger partial charge in [-0.1, -0.05) is 31.2 Å². The first-order chi connectivity index (χ1) is 6.77. The molecule has 0 spiro atoms. The minimum Gasteiger partial charge on any atom is -0.355 e. The van der Waals surface area contributed by atoms with Crippen molar-refractivity contribution in [2.24, 2.45) is 17.8 Å². The minimum absolute atomic E-state index is 0.0405. The van der Waals surface area contributed by atoms with Crippen molar-refractivity contribution in [3.05, 3.63) is 24.3 Å². The van der Waals surface area contributed by atoms with Gasteiger partial charge in [0.1, 0.15) is 0 Å². The van der Waals surface area contributed by atoms with Gasteiger partial charge in [0.15, 0.2) is 0 Å². The SMILES string of the molecule is CC1C=CC=CC1C(=O)NCC1CC1. The van der Waals surface area contributed by atoms with Gasteiger partial charge in [-0.15, -0.1) is 0 Å². The van der Waals surface area contributed by atoms with Crippen LogP contribution < -0.4 is 5.32 Å². The van der Waals surface area contributed by atoms with Gasteiger partial charge < -0.3 is 5.32 Å². The van der Waals surface area contributed by atoms with Crippen LogP contribution in [0.25, 0.3) is 0 Å². The monoisotopic (exact) mass is 191 g/mol. The van der Waals surface area contributed by atoms with Gasteiger partial charge >= 0.3 is 0 Å². The maximum atomic E-state index is 11.7. The molecule has 1 saturated carbocycles. The Balaban J connectivity index is 1.83. The van der Waals surface area contributed by atoms with Crippen LogP contribution in [-0.4, -0.2) is 12.5 Å². The van der Waals surface area contributed by atoms with Gasteiger partial charge in [0.25, 0.3) is 0 Å². The van der Waals surface area contributed by atoms with Crippen molar-refractivity contribution >= 4 is 5.91 Å². The average Bonchev–Trinajstić information content (AvgIpc) is 2.98. The van der Waals surface area contributed by atoms with Crippen molar-refractivity contribution < 1.29 is 4.79 Å². The van der Waals surface area contributed by atoms with E-state index in [9.17, 15) is 4.79 Å². The van der Waals surface area contributed by atoms with E-state index >= 15 is 0 Å². The molecule has 0 bridgehead atoms. The highest BCUT2D eigenvalue weighted by Gasteiger charge is 2.25. The Morgan fingerprint density at radius 1 is 1.36 bits per heavy atom. The zero-order chi connectivity index (χ0) is 9.97. The minimum atomic E-state index is 0.0405. The summed E-state index contributed by atoms with van der Waals surface area (Å²) in [6.07, 6.45) is 10.6. The second kappa shape index (κ2) is 3.99. The Morgan fingerprint density at radius 3 is 2.71 bits per heavy atom. The summed E-state index contributed by atoms with van der Waals surface area (Å²) in [6.45, 7) is 2.96. The summed E-state index contributed by atoms with van der Waals surface area (Å²) < 4.78 is 0. The molecule has 0 heterocycles. The van der Waals surface area contributed by atoms with Gasteiger partial charge in [-0.3, -0.25) is 4.79 Å². The molecular weight excluding hydrogens is 174 g/mol. The molecule has 0 aliphatic heterocycles. The van der Waals surface area contributed by atoms with Crippen LogP contribution in [0.1, 0.15) is 19.8 Å². The third-order valence-corrected chi connectivity index (χ3v) is 2.98. The number of allylic oxidation sites excluding steroid dienone is 3. The second-order valence-corrected chi connectivity index (χ2v) is 4.34. The van der Waals surface area contributed by atoms with Crippen molar-refractivity contribution in [3.8, 4) is 0 Å². The summed E-state index contributed by atoms with van der Waals surface area (Å²) in [5, 5.41) is 3.02. The van der Waals surface area contributed by atoms with E-state index in [2.05, 4.69) is 18.3 Å². The van der Waals surface area contributed by atoms with Crippen molar-refractivity contribution in [1.82, 2.24) is 5.32 Å². The summed E-state index contributed by atoms with van der Waals surface area (Å²) in [7, 11) is 0. The normalized spacial score (nSPS) is 30.4. The van der Waals surface area contributed by atoms with E-state index in [4.69, 9.17) is 0 Å². The topological polar surface area (TPSA) is 29.1 Å². The van der Waals surface area contributed by atoms with Crippen molar-refractivity contribution in [1.29, 1.82) is 0 Å². The fourth-order valence-corrected chi connectivity index (χ4v) is 1.73. The number of amides is 1. The molecule has 1 amide bonds. The fraction of sp³-hybridized carbons (Fsp3) is 0.583. The number of carbonyl (C=O) groups excluding carboxylic acids is 1. The number of hydrogen-bond acceptors (Lipinski definition) is 1. The molecule has 1 fully saturated rings. The Hall–Kier alpha value is -1.05.